The van der Waals surface area contributed by atoms with Crippen LogP contribution in [0.4, 0.5) is 34.1 Å². The van der Waals surface area contributed by atoms with Gasteiger partial charge in [-0.25, -0.2) is 0 Å². The molecule has 0 saturated heterocycles. The Kier molecular flexibility index (Phi) is 18.2. The summed E-state index contributed by atoms with van der Waals surface area (Å²) in [6.45, 7) is 28.3. The van der Waals surface area contributed by atoms with Crippen molar-refractivity contribution in [2.75, 3.05) is 23.8 Å². The summed E-state index contributed by atoms with van der Waals surface area (Å²) in [6.07, 6.45) is 2.65. The van der Waals surface area contributed by atoms with E-state index < -0.39 is 7.92 Å². The van der Waals surface area contributed by atoms with E-state index in [1.54, 1.807) is 0 Å². The van der Waals surface area contributed by atoms with Gasteiger partial charge in [0.05, 0.1) is 11.3 Å². The van der Waals surface area contributed by atoms with Crippen molar-refractivity contribution in [3.63, 3.8) is 0 Å². The topological polar surface area (TPSA) is 45.5 Å². The third-order valence-electron chi connectivity index (χ3n) is 8.74. The van der Waals surface area contributed by atoms with Gasteiger partial charge >= 0.3 is 18.6 Å². The number of benzene rings is 3. The Morgan fingerprint density at radius 1 is 0.489 bits per heavy atom. The van der Waals surface area contributed by atoms with Gasteiger partial charge in [0, 0.05) is 17.1 Å². The van der Waals surface area contributed by atoms with Gasteiger partial charge in [0.25, 0.3) is 0 Å². The first-order valence-electron chi connectivity index (χ1n) is 17.3. The summed E-state index contributed by atoms with van der Waals surface area (Å²) < 4.78 is 0. The van der Waals surface area contributed by atoms with E-state index in [1.807, 2.05) is 0 Å². The number of hydrogen-bond donors (Lipinski definition) is 0. The molecule has 47 heavy (non-hydrogen) atoms. The van der Waals surface area contributed by atoms with Crippen LogP contribution in [-0.4, -0.2) is 52.8 Å². The van der Waals surface area contributed by atoms with Gasteiger partial charge in [-0.05, 0) is 82.7 Å². The molecule has 0 aliphatic heterocycles. The number of hydrogen-bond acceptors (Lipinski definition) is 1. The van der Waals surface area contributed by atoms with Crippen LogP contribution in [0.2, 0.25) is 0 Å². The fourth-order valence-electron chi connectivity index (χ4n) is 6.12. The molecule has 0 atom stereocenters. The fourth-order valence-corrected chi connectivity index (χ4v) is 12.9. The van der Waals surface area contributed by atoms with Crippen molar-refractivity contribution in [2.24, 2.45) is 0 Å². The molecular formula is C39H61N4P3V+2. The van der Waals surface area contributed by atoms with E-state index in [4.69, 9.17) is 16.0 Å². The number of para-hydroxylation sites is 6. The largest absolute Gasteiger partial charge is 4.00 e. The average molecular weight is 730 g/mol. The summed E-state index contributed by atoms with van der Waals surface area (Å²) in [5.74, 6) is 0. The first kappa shape index (κ1) is 41.9. The van der Waals surface area contributed by atoms with Gasteiger partial charge in [0.15, 0.2) is 0 Å². The quantitative estimate of drug-likeness (QED) is 0.120. The van der Waals surface area contributed by atoms with Crippen LogP contribution in [0.5, 0.6) is 0 Å². The van der Waals surface area contributed by atoms with E-state index in [2.05, 4.69) is 161 Å². The molecule has 0 N–H and O–H groups in total. The Hall–Kier alpha value is -1.27. The third kappa shape index (κ3) is 11.9. The standard InChI is InChI=1S/C39H60N4P3.V/c1-28(2)44(29(3)4)25-40-34-19-13-16-22-37(34)43(38-23-17-14-20-35(38)41-26-45(30(5)6)31(7)8)39-24-18-15-21-36(39)42-27-46(32(9)10)33(11)12;/h13-24,28-33H,25-27H2,1-12H3;/q-3;+4/p+1. The minimum Gasteiger partial charge on any atom is -0.679 e. The Balaban J connectivity index is 0.00000768. The molecule has 0 saturated carbocycles. The van der Waals surface area contributed by atoms with Crippen LogP contribution in [0, 0.1) is 0 Å². The van der Waals surface area contributed by atoms with Crippen LogP contribution in [0.25, 0.3) is 16.0 Å². The van der Waals surface area contributed by atoms with Gasteiger partial charge in [-0.2, -0.15) is 0 Å². The maximum atomic E-state index is 5.37. The molecular weight excluding hydrogens is 668 g/mol. The Morgan fingerprint density at radius 3 is 1.09 bits per heavy atom. The zero-order chi connectivity index (χ0) is 34.0. The molecule has 0 aliphatic rings. The van der Waals surface area contributed by atoms with Crippen LogP contribution in [0.3, 0.4) is 0 Å². The molecule has 8 heteroatoms. The summed E-state index contributed by atoms with van der Waals surface area (Å²) in [7, 11) is -1.09. The maximum absolute atomic E-state index is 5.37. The minimum absolute atomic E-state index is 0. The number of nitrogens with zero attached hydrogens (tertiary/aromatic N) is 4. The van der Waals surface area contributed by atoms with Crippen LogP contribution in [0.1, 0.15) is 83.1 Å². The predicted octanol–water partition coefficient (Wildman–Crippen LogP) is 14.7. The van der Waals surface area contributed by atoms with Gasteiger partial charge in [-0.1, -0.05) is 110 Å². The van der Waals surface area contributed by atoms with E-state index in [-0.39, 0.29) is 34.4 Å². The van der Waals surface area contributed by atoms with Crippen molar-refractivity contribution in [3.05, 3.63) is 88.7 Å². The van der Waals surface area contributed by atoms with Gasteiger partial charge in [-0.3, -0.25) is 0 Å². The summed E-state index contributed by atoms with van der Waals surface area (Å²) in [4.78, 5) is 2.40. The molecule has 3 rings (SSSR count). The van der Waals surface area contributed by atoms with Crippen LogP contribution in [0.15, 0.2) is 72.8 Å². The molecule has 255 valence electrons. The van der Waals surface area contributed by atoms with Crippen molar-refractivity contribution in [1.29, 1.82) is 0 Å². The second kappa shape index (κ2) is 20.4. The van der Waals surface area contributed by atoms with Gasteiger partial charge in [-0.15, -0.1) is 45.5 Å². The Labute approximate surface area is 304 Å². The van der Waals surface area contributed by atoms with Crippen molar-refractivity contribution in [2.45, 2.75) is 117 Å². The zero-order valence-electron chi connectivity index (χ0n) is 31.1. The molecule has 0 unspecified atom stereocenters. The molecule has 0 fully saturated rings. The van der Waals surface area contributed by atoms with E-state index in [0.717, 1.165) is 53.0 Å². The normalized spacial score (nSPS) is 11.9. The zero-order valence-corrected chi connectivity index (χ0v) is 35.3. The first-order valence-corrected chi connectivity index (χ1v) is 22.5. The maximum Gasteiger partial charge on any atom is 4.00 e. The van der Waals surface area contributed by atoms with Crippen LogP contribution in [-0.2, 0) is 18.6 Å². The van der Waals surface area contributed by atoms with E-state index in [0.29, 0.717) is 34.0 Å². The summed E-state index contributed by atoms with van der Waals surface area (Å²) in [5.41, 5.74) is 10.2. The predicted molar refractivity (Wildman–Crippen MR) is 218 cm³/mol. The molecule has 0 aromatic heterocycles. The van der Waals surface area contributed by atoms with Crippen molar-refractivity contribution in [3.8, 4) is 0 Å². The SMILES string of the molecule is CC(C)P(C[N-]c1ccccc1N(c1ccccc1[N-]CP(C(C)C)C(C)C)c1ccccc1[N-]C[PH+](C(C)C)C(C)C)C(C)C.[V+4]. The first-order chi connectivity index (χ1) is 21.8. The smallest absolute Gasteiger partial charge is 0.679 e. The number of rotatable bonds is 18. The van der Waals surface area contributed by atoms with E-state index >= 15 is 0 Å². The molecule has 4 nitrogen and oxygen atoms in total. The molecule has 1 radical (unpaired) electrons. The molecule has 0 bridgehead atoms. The molecule has 0 aliphatic carbocycles. The fraction of sp³-hybridized carbons (Fsp3) is 0.538. The Bertz CT molecular complexity index is 1150. The van der Waals surface area contributed by atoms with Gasteiger partial charge < -0.3 is 20.9 Å². The van der Waals surface area contributed by atoms with E-state index in [1.165, 1.54) is 0 Å². The second-order valence-electron chi connectivity index (χ2n) is 14.0. The van der Waals surface area contributed by atoms with Crippen LogP contribution < -0.4 is 4.90 Å². The molecule has 0 heterocycles. The molecule has 0 amide bonds. The Morgan fingerprint density at radius 2 is 0.787 bits per heavy atom. The average Bonchev–Trinajstić information content (AvgIpc) is 2.98. The van der Waals surface area contributed by atoms with Crippen molar-refractivity contribution in [1.82, 2.24) is 0 Å². The van der Waals surface area contributed by atoms with Gasteiger partial charge in [0.1, 0.15) is 0 Å². The van der Waals surface area contributed by atoms with E-state index in [9.17, 15) is 0 Å². The van der Waals surface area contributed by atoms with Crippen LogP contribution >= 0.6 is 23.8 Å². The third-order valence-corrected chi connectivity index (χ3v) is 18.5. The van der Waals surface area contributed by atoms with Crippen molar-refractivity contribution < 1.29 is 18.6 Å². The van der Waals surface area contributed by atoms with Crippen molar-refractivity contribution >= 4 is 57.9 Å². The molecule has 0 spiro atoms. The molecule has 3 aromatic rings. The monoisotopic (exact) mass is 729 g/mol. The summed E-state index contributed by atoms with van der Waals surface area (Å²) >= 11 is 0. The summed E-state index contributed by atoms with van der Waals surface area (Å²) in [5, 5.41) is 16.1. The minimum atomic E-state index is -0.648. The molecule has 3 aromatic carbocycles. The number of anilines is 3. The second-order valence-corrected chi connectivity index (χ2v) is 24.5. The summed E-state index contributed by atoms with van der Waals surface area (Å²) in [6, 6.07) is 26.1. The van der Waals surface area contributed by atoms with Gasteiger partial charge in [0.2, 0.25) is 0 Å².